The molecule has 0 aliphatic carbocycles. The maximum Gasteiger partial charge on any atom is 0.573 e. The predicted octanol–water partition coefficient (Wildman–Crippen LogP) is 3.76. The number of aliphatic hydroxyl groups excluding tert-OH is 1. The van der Waals surface area contributed by atoms with Crippen LogP contribution in [0.4, 0.5) is 13.2 Å². The highest BCUT2D eigenvalue weighted by Crippen LogP contribution is 2.45. The van der Waals surface area contributed by atoms with Crippen LogP contribution in [0.25, 0.3) is 0 Å². The van der Waals surface area contributed by atoms with E-state index in [0.717, 1.165) is 5.56 Å². The van der Waals surface area contributed by atoms with Crippen LogP contribution in [0, 0.1) is 0 Å². The molecule has 2 heterocycles. The second kappa shape index (κ2) is 7.01. The van der Waals surface area contributed by atoms with Crippen molar-refractivity contribution in [1.82, 2.24) is 4.98 Å². The van der Waals surface area contributed by atoms with Crippen molar-refractivity contribution in [2.24, 2.45) is 0 Å². The molecule has 1 fully saturated rings. The van der Waals surface area contributed by atoms with Crippen molar-refractivity contribution in [3.05, 3.63) is 59.9 Å². The highest BCUT2D eigenvalue weighted by atomic mass is 19.4. The normalized spacial score (nSPS) is 18.6. The summed E-state index contributed by atoms with van der Waals surface area (Å²) in [6.45, 7) is 0.926. The largest absolute Gasteiger partial charge is 0.573 e. The highest BCUT2D eigenvalue weighted by Gasteiger charge is 2.42. The SMILES string of the molecule is OC(c1ccccn1)C1(c2ccc(OC(F)(F)F)cc2)CCOCC1. The number of aliphatic hydroxyl groups is 1. The Morgan fingerprint density at radius 3 is 2.32 bits per heavy atom. The van der Waals surface area contributed by atoms with E-state index in [2.05, 4.69) is 9.72 Å². The Bertz CT molecular complexity index is 683. The van der Waals surface area contributed by atoms with Crippen molar-refractivity contribution in [1.29, 1.82) is 0 Å². The first-order valence-electron chi connectivity index (χ1n) is 7.94. The van der Waals surface area contributed by atoms with E-state index in [1.54, 1.807) is 36.5 Å². The molecule has 1 aliphatic heterocycles. The molecule has 1 N–H and O–H groups in total. The van der Waals surface area contributed by atoms with Gasteiger partial charge in [0.15, 0.2) is 0 Å². The van der Waals surface area contributed by atoms with Gasteiger partial charge in [0.1, 0.15) is 11.9 Å². The third-order valence-electron chi connectivity index (χ3n) is 4.54. The second-order valence-corrected chi connectivity index (χ2v) is 6.00. The van der Waals surface area contributed by atoms with Crippen LogP contribution in [0.15, 0.2) is 48.7 Å². The first-order chi connectivity index (χ1) is 11.9. The summed E-state index contributed by atoms with van der Waals surface area (Å²) in [5.41, 5.74) is 0.604. The fourth-order valence-corrected chi connectivity index (χ4v) is 3.26. The van der Waals surface area contributed by atoms with Crippen molar-refractivity contribution >= 4 is 0 Å². The van der Waals surface area contributed by atoms with E-state index in [9.17, 15) is 18.3 Å². The van der Waals surface area contributed by atoms with E-state index in [1.807, 2.05) is 0 Å². The van der Waals surface area contributed by atoms with Crippen LogP contribution in [-0.2, 0) is 10.2 Å². The molecular formula is C18H18F3NO3. The van der Waals surface area contributed by atoms with Crippen LogP contribution in [0.2, 0.25) is 0 Å². The smallest absolute Gasteiger partial charge is 0.406 e. The van der Waals surface area contributed by atoms with E-state index in [1.165, 1.54) is 12.1 Å². The molecule has 0 radical (unpaired) electrons. The van der Waals surface area contributed by atoms with E-state index < -0.39 is 17.9 Å². The fourth-order valence-electron chi connectivity index (χ4n) is 3.26. The maximum absolute atomic E-state index is 12.3. The van der Waals surface area contributed by atoms with Crippen molar-refractivity contribution in [3.63, 3.8) is 0 Å². The van der Waals surface area contributed by atoms with Gasteiger partial charge in [-0.25, -0.2) is 0 Å². The van der Waals surface area contributed by atoms with Gasteiger partial charge in [0.05, 0.1) is 5.69 Å². The number of hydrogen-bond donors (Lipinski definition) is 1. The molecule has 0 saturated carbocycles. The molecule has 1 aliphatic rings. The molecule has 2 aromatic rings. The second-order valence-electron chi connectivity index (χ2n) is 6.00. The highest BCUT2D eigenvalue weighted by molar-refractivity contribution is 5.35. The summed E-state index contributed by atoms with van der Waals surface area (Å²) < 4.78 is 46.3. The zero-order valence-electron chi connectivity index (χ0n) is 13.4. The van der Waals surface area contributed by atoms with Gasteiger partial charge in [-0.2, -0.15) is 0 Å². The topological polar surface area (TPSA) is 51.6 Å². The number of alkyl halides is 3. The minimum Gasteiger partial charge on any atom is -0.406 e. The van der Waals surface area contributed by atoms with Gasteiger partial charge in [0.2, 0.25) is 0 Å². The number of benzene rings is 1. The lowest BCUT2D eigenvalue weighted by molar-refractivity contribution is -0.274. The number of pyridine rings is 1. The minimum absolute atomic E-state index is 0.286. The monoisotopic (exact) mass is 353 g/mol. The van der Waals surface area contributed by atoms with Crippen LogP contribution in [0.1, 0.15) is 30.2 Å². The van der Waals surface area contributed by atoms with Crippen molar-refractivity contribution < 1.29 is 27.8 Å². The molecule has 1 saturated heterocycles. The van der Waals surface area contributed by atoms with Crippen LogP contribution in [0.5, 0.6) is 5.75 Å². The molecular weight excluding hydrogens is 335 g/mol. The van der Waals surface area contributed by atoms with E-state index in [4.69, 9.17) is 4.74 Å². The molecule has 0 amide bonds. The van der Waals surface area contributed by atoms with Gasteiger partial charge in [-0.15, -0.1) is 13.2 Å². The molecule has 0 spiro atoms. The Balaban J connectivity index is 1.93. The van der Waals surface area contributed by atoms with Gasteiger partial charge in [0, 0.05) is 24.8 Å². The first-order valence-corrected chi connectivity index (χ1v) is 7.94. The lowest BCUT2D eigenvalue weighted by Gasteiger charge is -2.41. The zero-order chi connectivity index (χ0) is 17.9. The molecule has 0 bridgehead atoms. The minimum atomic E-state index is -4.73. The third-order valence-corrected chi connectivity index (χ3v) is 4.54. The van der Waals surface area contributed by atoms with Crippen molar-refractivity contribution in [3.8, 4) is 5.75 Å². The third kappa shape index (κ3) is 3.93. The molecule has 4 nitrogen and oxygen atoms in total. The van der Waals surface area contributed by atoms with Crippen LogP contribution in [-0.4, -0.2) is 29.7 Å². The molecule has 1 atom stereocenters. The summed E-state index contributed by atoms with van der Waals surface area (Å²) in [6.07, 6.45) is -2.92. The Kier molecular flexibility index (Phi) is 4.96. The standard InChI is InChI=1S/C18H18F3NO3/c19-18(20,21)25-14-6-4-13(5-7-14)17(8-11-24-12-9-17)16(23)15-3-1-2-10-22-15/h1-7,10,16,23H,8-9,11-12H2. The molecule has 1 aromatic carbocycles. The summed E-state index contributed by atoms with van der Waals surface area (Å²) >= 11 is 0. The Hall–Kier alpha value is -2.12. The molecule has 1 aromatic heterocycles. The molecule has 7 heteroatoms. The van der Waals surface area contributed by atoms with Crippen LogP contribution < -0.4 is 4.74 Å². The van der Waals surface area contributed by atoms with E-state index in [-0.39, 0.29) is 5.75 Å². The maximum atomic E-state index is 12.3. The molecule has 1 unspecified atom stereocenters. The van der Waals surface area contributed by atoms with Crippen molar-refractivity contribution in [2.75, 3.05) is 13.2 Å². The summed E-state index contributed by atoms with van der Waals surface area (Å²) in [4.78, 5) is 4.23. The van der Waals surface area contributed by atoms with Gasteiger partial charge >= 0.3 is 6.36 Å². The lowest BCUT2D eigenvalue weighted by Crippen LogP contribution is -2.40. The predicted molar refractivity (Wildman–Crippen MR) is 84.1 cm³/mol. The first kappa shape index (κ1) is 17.7. The summed E-state index contributed by atoms with van der Waals surface area (Å²) in [5.74, 6) is -0.286. The van der Waals surface area contributed by atoms with Crippen molar-refractivity contribution in [2.45, 2.75) is 30.7 Å². The summed E-state index contributed by atoms with van der Waals surface area (Å²) in [6, 6.07) is 11.0. The van der Waals surface area contributed by atoms with E-state index >= 15 is 0 Å². The fraction of sp³-hybridized carbons (Fsp3) is 0.389. The molecule has 3 rings (SSSR count). The summed E-state index contributed by atoms with van der Waals surface area (Å²) in [7, 11) is 0. The van der Waals surface area contributed by atoms with Gasteiger partial charge in [-0.05, 0) is 42.7 Å². The number of aromatic nitrogens is 1. The zero-order valence-corrected chi connectivity index (χ0v) is 13.4. The van der Waals surface area contributed by atoms with Gasteiger partial charge in [-0.3, -0.25) is 4.98 Å². The van der Waals surface area contributed by atoms with Gasteiger partial charge in [-0.1, -0.05) is 18.2 Å². The van der Waals surface area contributed by atoms with Crippen LogP contribution in [0.3, 0.4) is 0 Å². The Labute approximate surface area is 143 Å². The Morgan fingerprint density at radius 2 is 1.76 bits per heavy atom. The van der Waals surface area contributed by atoms with E-state index in [0.29, 0.717) is 31.7 Å². The molecule has 134 valence electrons. The average Bonchev–Trinajstić information content (AvgIpc) is 2.62. The average molecular weight is 353 g/mol. The van der Waals surface area contributed by atoms with Crippen LogP contribution >= 0.6 is 0 Å². The lowest BCUT2D eigenvalue weighted by atomic mass is 9.69. The molecule has 25 heavy (non-hydrogen) atoms. The number of rotatable bonds is 4. The quantitative estimate of drug-likeness (QED) is 0.909. The number of hydrogen-bond acceptors (Lipinski definition) is 4. The number of halogens is 3. The number of ether oxygens (including phenoxy) is 2. The Morgan fingerprint density at radius 1 is 1.08 bits per heavy atom. The van der Waals surface area contributed by atoms with Gasteiger partial charge in [0.25, 0.3) is 0 Å². The summed E-state index contributed by atoms with van der Waals surface area (Å²) in [5, 5.41) is 11.0. The number of nitrogens with zero attached hydrogens (tertiary/aromatic N) is 1. The van der Waals surface area contributed by atoms with Gasteiger partial charge < -0.3 is 14.6 Å².